The van der Waals surface area contributed by atoms with Crippen LogP contribution in [0.2, 0.25) is 0 Å². The molecule has 0 radical (unpaired) electrons. The highest BCUT2D eigenvalue weighted by Gasteiger charge is 2.38. The van der Waals surface area contributed by atoms with Gasteiger partial charge < -0.3 is 25.6 Å². The molecule has 5 N–H and O–H groups in total. The van der Waals surface area contributed by atoms with E-state index in [0.29, 0.717) is 35.8 Å². The smallest absolute Gasteiger partial charge is 0.490 e. The molecule has 0 unspecified atom stereocenters. The van der Waals surface area contributed by atoms with Gasteiger partial charge in [0.2, 0.25) is 0 Å². The van der Waals surface area contributed by atoms with Crippen molar-refractivity contribution < 1.29 is 37.3 Å². The number of amides is 1. The number of hydrogen-bond donors (Lipinski definition) is 4. The van der Waals surface area contributed by atoms with Crippen LogP contribution < -0.4 is 20.5 Å². The molecule has 0 aliphatic rings. The third-order valence-corrected chi connectivity index (χ3v) is 4.14. The molecule has 184 valence electrons. The maximum atomic E-state index is 12.2. The second-order valence-electron chi connectivity index (χ2n) is 6.79. The molecule has 3 aromatic carbocycles. The molecule has 0 atom stereocenters. The molecule has 3 rings (SSSR count). The summed E-state index contributed by atoms with van der Waals surface area (Å²) in [4.78, 5) is 21.1. The topological polar surface area (TPSA) is 135 Å². The van der Waals surface area contributed by atoms with Crippen molar-refractivity contribution in [3.63, 3.8) is 0 Å². The molecule has 0 aliphatic heterocycles. The van der Waals surface area contributed by atoms with Crippen LogP contribution in [0.1, 0.15) is 15.9 Å². The van der Waals surface area contributed by atoms with Gasteiger partial charge in [0.25, 0.3) is 5.91 Å². The van der Waals surface area contributed by atoms with E-state index in [1.54, 1.807) is 48.5 Å². The van der Waals surface area contributed by atoms with Crippen molar-refractivity contribution in [2.45, 2.75) is 6.18 Å². The summed E-state index contributed by atoms with van der Waals surface area (Å²) in [6, 6.07) is 23.4. The highest BCUT2D eigenvalue weighted by atomic mass is 19.4. The number of ether oxygens (including phenoxy) is 2. The Kier molecular flexibility index (Phi) is 9.64. The molecular formula is C24H22F3N3O5. The standard InChI is InChI=1S/C22H21N3O3.C2HF3O2/c23-21(24)17-5-4-8-20(15-17)27-14-13-25-22(26)16-9-11-19(12-10-16)28-18-6-2-1-3-7-18;3-2(4,5)1(6)7/h1-12,15H,13-14H2,(H3,23,24)(H,25,26);(H,6,7). The lowest BCUT2D eigenvalue weighted by Gasteiger charge is -2.09. The van der Waals surface area contributed by atoms with Gasteiger partial charge in [-0.25, -0.2) is 4.79 Å². The van der Waals surface area contributed by atoms with E-state index in [1.165, 1.54) is 0 Å². The van der Waals surface area contributed by atoms with Crippen LogP contribution in [-0.4, -0.2) is 42.1 Å². The van der Waals surface area contributed by atoms with Crippen LogP contribution in [0.15, 0.2) is 78.9 Å². The Morgan fingerprint density at radius 1 is 0.886 bits per heavy atom. The Labute approximate surface area is 198 Å². The molecule has 0 bridgehead atoms. The largest absolute Gasteiger partial charge is 0.492 e. The number of hydrogen-bond acceptors (Lipinski definition) is 5. The van der Waals surface area contributed by atoms with E-state index < -0.39 is 12.1 Å². The van der Waals surface area contributed by atoms with Crippen LogP contribution in [0.25, 0.3) is 0 Å². The predicted octanol–water partition coefficient (Wildman–Crippen LogP) is 4.21. The molecule has 0 fully saturated rings. The van der Waals surface area contributed by atoms with Crippen LogP contribution in [0, 0.1) is 5.41 Å². The molecular weight excluding hydrogens is 467 g/mol. The van der Waals surface area contributed by atoms with Gasteiger partial charge in [-0.05, 0) is 48.5 Å². The molecule has 0 saturated carbocycles. The highest BCUT2D eigenvalue weighted by Crippen LogP contribution is 2.21. The minimum atomic E-state index is -5.08. The predicted molar refractivity (Wildman–Crippen MR) is 122 cm³/mol. The Morgan fingerprint density at radius 2 is 1.46 bits per heavy atom. The Hall–Kier alpha value is -4.54. The van der Waals surface area contributed by atoms with E-state index in [9.17, 15) is 18.0 Å². The summed E-state index contributed by atoms with van der Waals surface area (Å²) in [7, 11) is 0. The maximum absolute atomic E-state index is 12.2. The van der Waals surface area contributed by atoms with Gasteiger partial charge in [-0.3, -0.25) is 10.2 Å². The minimum absolute atomic E-state index is 0.0153. The van der Waals surface area contributed by atoms with Crippen molar-refractivity contribution in [2.24, 2.45) is 5.73 Å². The number of carbonyl (C=O) groups excluding carboxylic acids is 1. The molecule has 3 aromatic rings. The van der Waals surface area contributed by atoms with Gasteiger partial charge in [0, 0.05) is 11.1 Å². The monoisotopic (exact) mass is 489 g/mol. The average molecular weight is 489 g/mol. The second kappa shape index (κ2) is 12.6. The minimum Gasteiger partial charge on any atom is -0.492 e. The van der Waals surface area contributed by atoms with Crippen LogP contribution in [0.3, 0.4) is 0 Å². The van der Waals surface area contributed by atoms with Gasteiger partial charge in [-0.1, -0.05) is 30.3 Å². The van der Waals surface area contributed by atoms with Crippen molar-refractivity contribution in [1.82, 2.24) is 5.32 Å². The fourth-order valence-corrected chi connectivity index (χ4v) is 2.49. The molecule has 0 saturated heterocycles. The number of carbonyl (C=O) groups is 2. The summed E-state index contributed by atoms with van der Waals surface area (Å²) in [5.41, 5.74) is 6.59. The Balaban J connectivity index is 0.000000540. The fourth-order valence-electron chi connectivity index (χ4n) is 2.49. The van der Waals surface area contributed by atoms with Gasteiger partial charge in [0.05, 0.1) is 6.54 Å². The van der Waals surface area contributed by atoms with Gasteiger partial charge in [0.1, 0.15) is 29.7 Å². The van der Waals surface area contributed by atoms with Gasteiger partial charge in [-0.2, -0.15) is 13.2 Å². The van der Waals surface area contributed by atoms with Crippen molar-refractivity contribution in [1.29, 1.82) is 5.41 Å². The van der Waals surface area contributed by atoms with Crippen LogP contribution >= 0.6 is 0 Å². The lowest BCUT2D eigenvalue weighted by atomic mass is 10.2. The van der Waals surface area contributed by atoms with Crippen molar-refractivity contribution in [3.8, 4) is 17.2 Å². The number of alkyl halides is 3. The van der Waals surface area contributed by atoms with Gasteiger partial charge >= 0.3 is 12.1 Å². The first kappa shape index (κ1) is 26.7. The van der Waals surface area contributed by atoms with Crippen LogP contribution in [0.5, 0.6) is 17.2 Å². The maximum Gasteiger partial charge on any atom is 0.490 e. The number of nitrogens with two attached hydrogens (primary N) is 1. The molecule has 8 nitrogen and oxygen atoms in total. The zero-order valence-electron chi connectivity index (χ0n) is 18.2. The number of halogens is 3. The molecule has 35 heavy (non-hydrogen) atoms. The molecule has 0 heterocycles. The normalized spacial score (nSPS) is 10.4. The zero-order valence-corrected chi connectivity index (χ0v) is 18.2. The van der Waals surface area contributed by atoms with Crippen LogP contribution in [-0.2, 0) is 4.79 Å². The van der Waals surface area contributed by atoms with Crippen molar-refractivity contribution in [3.05, 3.63) is 90.0 Å². The number of benzene rings is 3. The van der Waals surface area contributed by atoms with E-state index in [1.807, 2.05) is 30.3 Å². The van der Waals surface area contributed by atoms with E-state index in [-0.39, 0.29) is 11.7 Å². The number of nitrogen functional groups attached to an aromatic ring is 1. The average Bonchev–Trinajstić information content (AvgIpc) is 2.83. The second-order valence-corrected chi connectivity index (χ2v) is 6.79. The lowest BCUT2D eigenvalue weighted by molar-refractivity contribution is -0.192. The first-order valence-corrected chi connectivity index (χ1v) is 10.0. The number of amidine groups is 1. The van der Waals surface area contributed by atoms with E-state index in [0.717, 1.165) is 5.75 Å². The van der Waals surface area contributed by atoms with Gasteiger partial charge in [0.15, 0.2) is 0 Å². The van der Waals surface area contributed by atoms with Crippen molar-refractivity contribution >= 4 is 17.7 Å². The number of carboxylic acids is 1. The fraction of sp³-hybridized carbons (Fsp3) is 0.125. The number of aliphatic carboxylic acids is 1. The zero-order chi connectivity index (χ0) is 25.8. The van der Waals surface area contributed by atoms with Crippen molar-refractivity contribution in [2.75, 3.05) is 13.2 Å². The van der Waals surface area contributed by atoms with E-state index >= 15 is 0 Å². The van der Waals surface area contributed by atoms with E-state index in [4.69, 9.17) is 30.5 Å². The summed E-state index contributed by atoms with van der Waals surface area (Å²) in [6.07, 6.45) is -5.08. The molecule has 0 aromatic heterocycles. The molecule has 1 amide bonds. The summed E-state index contributed by atoms with van der Waals surface area (Å²) in [5.74, 6) is -0.954. The SMILES string of the molecule is N=C(N)c1cccc(OCCNC(=O)c2ccc(Oc3ccccc3)cc2)c1.O=C(O)C(F)(F)F. The number of rotatable bonds is 8. The molecule has 0 aliphatic carbocycles. The molecule has 0 spiro atoms. The highest BCUT2D eigenvalue weighted by molar-refractivity contribution is 5.95. The number of carboxylic acid groups (broad SMARTS) is 1. The summed E-state index contributed by atoms with van der Waals surface area (Å²) in [5, 5.41) is 17.4. The Morgan fingerprint density at radius 3 is 2.03 bits per heavy atom. The number of para-hydroxylation sites is 1. The van der Waals surface area contributed by atoms with Gasteiger partial charge in [-0.15, -0.1) is 0 Å². The Bertz CT molecular complexity index is 1140. The first-order chi connectivity index (χ1) is 16.6. The lowest BCUT2D eigenvalue weighted by Crippen LogP contribution is -2.28. The van der Waals surface area contributed by atoms with E-state index in [2.05, 4.69) is 5.32 Å². The summed E-state index contributed by atoms with van der Waals surface area (Å²) in [6.45, 7) is 0.660. The van der Waals surface area contributed by atoms with Crippen LogP contribution in [0.4, 0.5) is 13.2 Å². The summed E-state index contributed by atoms with van der Waals surface area (Å²) < 4.78 is 43.0. The first-order valence-electron chi connectivity index (χ1n) is 10.0. The number of nitrogens with one attached hydrogen (secondary N) is 2. The third kappa shape index (κ3) is 9.46. The molecule has 11 heteroatoms. The summed E-state index contributed by atoms with van der Waals surface area (Å²) >= 11 is 0. The third-order valence-electron chi connectivity index (χ3n) is 4.14. The quantitative estimate of drug-likeness (QED) is 0.213.